The summed E-state index contributed by atoms with van der Waals surface area (Å²) in [5.74, 6) is -0.545. The third kappa shape index (κ3) is 4.85. The van der Waals surface area contributed by atoms with Gasteiger partial charge < -0.3 is 5.11 Å². The van der Waals surface area contributed by atoms with Gasteiger partial charge in [0.1, 0.15) is 0 Å². The second-order valence-electron chi connectivity index (χ2n) is 5.08. The van der Waals surface area contributed by atoms with Crippen molar-refractivity contribution in [1.82, 2.24) is 0 Å². The van der Waals surface area contributed by atoms with Gasteiger partial charge in [-0.15, -0.1) is 0 Å². The van der Waals surface area contributed by atoms with Crippen molar-refractivity contribution in [3.8, 4) is 0 Å². The van der Waals surface area contributed by atoms with Crippen molar-refractivity contribution in [3.05, 3.63) is 29.8 Å². The summed E-state index contributed by atoms with van der Waals surface area (Å²) in [6.45, 7) is 4.30. The van der Waals surface area contributed by atoms with Gasteiger partial charge in [0.25, 0.3) is 0 Å². The average Bonchev–Trinajstić information content (AvgIpc) is 2.33. The van der Waals surface area contributed by atoms with Gasteiger partial charge >= 0.3 is 5.97 Å². The van der Waals surface area contributed by atoms with Crippen LogP contribution in [0.5, 0.6) is 0 Å². The highest BCUT2D eigenvalue weighted by atomic mass is 32.2. The molecule has 0 bridgehead atoms. The number of benzene rings is 1. The van der Waals surface area contributed by atoms with Gasteiger partial charge in [-0.1, -0.05) is 26.0 Å². The first kappa shape index (κ1) is 16.5. The summed E-state index contributed by atoms with van der Waals surface area (Å²) >= 11 is 0. The van der Waals surface area contributed by atoms with Crippen molar-refractivity contribution in [2.24, 2.45) is 0 Å². The molecule has 0 spiro atoms. The highest BCUT2D eigenvalue weighted by Gasteiger charge is 2.17. The molecule has 1 N–H and O–H groups in total. The van der Waals surface area contributed by atoms with Crippen molar-refractivity contribution in [3.63, 3.8) is 0 Å². The second kappa shape index (κ2) is 6.74. The van der Waals surface area contributed by atoms with E-state index in [-0.39, 0.29) is 19.4 Å². The molecule has 0 amide bonds. The molecule has 0 unspecified atom stereocenters. The number of aliphatic carboxylic acids is 1. The van der Waals surface area contributed by atoms with Crippen molar-refractivity contribution < 1.29 is 18.3 Å². The summed E-state index contributed by atoms with van der Waals surface area (Å²) in [7, 11) is -3.41. The summed E-state index contributed by atoms with van der Waals surface area (Å²) in [5.41, 5.74) is 1.70. The molecule has 1 aromatic rings. The van der Waals surface area contributed by atoms with Crippen LogP contribution in [0, 0.1) is 0 Å². The van der Waals surface area contributed by atoms with Crippen LogP contribution in [0.3, 0.4) is 0 Å². The molecule has 0 atom stereocenters. The maximum atomic E-state index is 11.8. The van der Waals surface area contributed by atoms with E-state index in [0.717, 1.165) is 11.8 Å². The van der Waals surface area contributed by atoms with Crippen LogP contribution in [0.1, 0.15) is 38.2 Å². The van der Waals surface area contributed by atoms with Crippen molar-refractivity contribution in [1.29, 1.82) is 0 Å². The Labute approximate surface area is 120 Å². The van der Waals surface area contributed by atoms with E-state index in [0.29, 0.717) is 11.6 Å². The molecule has 0 aliphatic heterocycles. The summed E-state index contributed by atoms with van der Waals surface area (Å²) in [6.07, 6.45) is 1.37. The largest absolute Gasteiger partial charge is 0.481 e. The van der Waals surface area contributed by atoms with E-state index in [1.807, 2.05) is 12.1 Å². The minimum Gasteiger partial charge on any atom is -0.481 e. The quantitative estimate of drug-likeness (QED) is 0.839. The van der Waals surface area contributed by atoms with E-state index in [1.165, 1.54) is 4.31 Å². The molecule has 0 aromatic heterocycles. The predicted molar refractivity (Wildman–Crippen MR) is 79.6 cm³/mol. The number of nitrogens with zero attached hydrogens (tertiary/aromatic N) is 1. The van der Waals surface area contributed by atoms with Gasteiger partial charge in [-0.25, -0.2) is 8.42 Å². The van der Waals surface area contributed by atoms with Gasteiger partial charge in [0.2, 0.25) is 10.0 Å². The number of hydrogen-bond acceptors (Lipinski definition) is 3. The Morgan fingerprint density at radius 1 is 1.25 bits per heavy atom. The number of hydrogen-bond donors (Lipinski definition) is 1. The van der Waals surface area contributed by atoms with Crippen molar-refractivity contribution >= 4 is 21.7 Å². The van der Waals surface area contributed by atoms with Crippen LogP contribution in [0.4, 0.5) is 5.69 Å². The Kier molecular flexibility index (Phi) is 5.56. The molecule has 1 rings (SSSR count). The molecule has 0 fully saturated rings. The molecule has 5 nitrogen and oxygen atoms in total. The van der Waals surface area contributed by atoms with Crippen LogP contribution in [-0.4, -0.2) is 32.3 Å². The highest BCUT2D eigenvalue weighted by molar-refractivity contribution is 7.92. The molecule has 20 heavy (non-hydrogen) atoms. The Morgan fingerprint density at radius 3 is 2.20 bits per heavy atom. The molecule has 0 aliphatic rings. The van der Waals surface area contributed by atoms with Gasteiger partial charge in [0.15, 0.2) is 0 Å². The van der Waals surface area contributed by atoms with E-state index in [2.05, 4.69) is 13.8 Å². The molecule has 0 saturated heterocycles. The lowest BCUT2D eigenvalue weighted by Crippen LogP contribution is -2.31. The summed E-state index contributed by atoms with van der Waals surface area (Å²) in [5, 5.41) is 8.63. The standard InChI is InChI=1S/C14H21NO4S/c1-11(2)12-6-8-13(9-7-12)15(20(3,18)19)10-4-5-14(16)17/h6-9,11H,4-5,10H2,1-3H3,(H,16,17). The van der Waals surface area contributed by atoms with Crippen molar-refractivity contribution in [2.45, 2.75) is 32.6 Å². The average molecular weight is 299 g/mol. The topological polar surface area (TPSA) is 74.7 Å². The predicted octanol–water partition coefficient (Wildman–Crippen LogP) is 2.44. The highest BCUT2D eigenvalue weighted by Crippen LogP contribution is 2.22. The van der Waals surface area contributed by atoms with Gasteiger partial charge in [0.05, 0.1) is 11.9 Å². The fourth-order valence-electron chi connectivity index (χ4n) is 1.89. The number of sulfonamides is 1. The van der Waals surface area contributed by atoms with Gasteiger partial charge in [-0.05, 0) is 30.0 Å². The summed E-state index contributed by atoms with van der Waals surface area (Å²) in [4.78, 5) is 10.5. The molecular formula is C14H21NO4S. The Hall–Kier alpha value is -1.56. The van der Waals surface area contributed by atoms with E-state index in [1.54, 1.807) is 12.1 Å². The zero-order valence-electron chi connectivity index (χ0n) is 12.0. The van der Waals surface area contributed by atoms with Gasteiger partial charge in [-0.3, -0.25) is 9.10 Å². The first-order chi connectivity index (χ1) is 9.21. The van der Waals surface area contributed by atoms with Gasteiger partial charge in [-0.2, -0.15) is 0 Å². The fraction of sp³-hybridized carbons (Fsp3) is 0.500. The smallest absolute Gasteiger partial charge is 0.303 e. The third-order valence-corrected chi connectivity index (χ3v) is 4.19. The first-order valence-corrected chi connectivity index (χ1v) is 8.36. The van der Waals surface area contributed by atoms with Crippen LogP contribution in [0.25, 0.3) is 0 Å². The molecule has 0 aliphatic carbocycles. The van der Waals surface area contributed by atoms with Crippen LogP contribution in [0.2, 0.25) is 0 Å². The molecule has 0 saturated carbocycles. The van der Waals surface area contributed by atoms with E-state index < -0.39 is 16.0 Å². The lowest BCUT2D eigenvalue weighted by atomic mass is 10.0. The lowest BCUT2D eigenvalue weighted by molar-refractivity contribution is -0.137. The number of carboxylic acids is 1. The normalized spacial score (nSPS) is 11.6. The molecule has 112 valence electrons. The number of anilines is 1. The minimum absolute atomic E-state index is 0.0455. The van der Waals surface area contributed by atoms with Crippen LogP contribution in [0.15, 0.2) is 24.3 Å². The molecule has 0 heterocycles. The Balaban J connectivity index is 2.91. The maximum Gasteiger partial charge on any atom is 0.303 e. The van der Waals surface area contributed by atoms with E-state index in [9.17, 15) is 13.2 Å². The first-order valence-electron chi connectivity index (χ1n) is 6.51. The Morgan fingerprint density at radius 2 is 1.80 bits per heavy atom. The monoisotopic (exact) mass is 299 g/mol. The van der Waals surface area contributed by atoms with Crippen molar-refractivity contribution in [2.75, 3.05) is 17.1 Å². The zero-order valence-corrected chi connectivity index (χ0v) is 12.9. The van der Waals surface area contributed by atoms with Gasteiger partial charge in [0, 0.05) is 13.0 Å². The lowest BCUT2D eigenvalue weighted by Gasteiger charge is -2.22. The zero-order chi connectivity index (χ0) is 15.3. The minimum atomic E-state index is -3.41. The second-order valence-corrected chi connectivity index (χ2v) is 6.99. The van der Waals surface area contributed by atoms with E-state index in [4.69, 9.17) is 5.11 Å². The number of rotatable bonds is 7. The summed E-state index contributed by atoms with van der Waals surface area (Å²) < 4.78 is 24.9. The maximum absolute atomic E-state index is 11.8. The Bertz CT molecular complexity index is 549. The molecule has 6 heteroatoms. The van der Waals surface area contributed by atoms with Crippen LogP contribution in [-0.2, 0) is 14.8 Å². The van der Waals surface area contributed by atoms with E-state index >= 15 is 0 Å². The number of carbonyl (C=O) groups is 1. The van der Waals surface area contributed by atoms with Crippen LogP contribution >= 0.6 is 0 Å². The van der Waals surface area contributed by atoms with Crippen LogP contribution < -0.4 is 4.31 Å². The fourth-order valence-corrected chi connectivity index (χ4v) is 2.85. The number of carboxylic acid groups (broad SMARTS) is 1. The summed E-state index contributed by atoms with van der Waals surface area (Å²) in [6, 6.07) is 7.32. The molecule has 0 radical (unpaired) electrons. The molecular weight excluding hydrogens is 278 g/mol. The SMILES string of the molecule is CC(C)c1ccc(N(CCCC(=O)O)S(C)(=O)=O)cc1. The molecule has 1 aromatic carbocycles. The third-order valence-electron chi connectivity index (χ3n) is 3.00.